The SMILES string of the molecule is COC(=O)Nc1ccc(-c2cc(C3(NC(=O)/C=C/c4cc(Cl)ccc4-n4cnnn4)C[C@H]3c3ccccc3)nnc2Cl)cc1. The van der Waals surface area contributed by atoms with Crippen molar-refractivity contribution >= 4 is 47.0 Å². The Morgan fingerprint density at radius 2 is 1.82 bits per heavy atom. The number of hydrogen-bond acceptors (Lipinski definition) is 8. The first kappa shape index (κ1) is 29.0. The van der Waals surface area contributed by atoms with Crippen LogP contribution in [-0.2, 0) is 15.1 Å². The van der Waals surface area contributed by atoms with Crippen molar-refractivity contribution in [2.75, 3.05) is 12.4 Å². The lowest BCUT2D eigenvalue weighted by molar-refractivity contribution is -0.117. The first-order chi connectivity index (χ1) is 21.4. The van der Waals surface area contributed by atoms with Gasteiger partial charge >= 0.3 is 6.09 Å². The molecule has 2 N–H and O–H groups in total. The lowest BCUT2D eigenvalue weighted by atomic mass is 10.00. The number of nitrogens with zero attached hydrogens (tertiary/aromatic N) is 6. The lowest BCUT2D eigenvalue weighted by Gasteiger charge is -2.19. The molecule has 2 amide bonds. The van der Waals surface area contributed by atoms with Crippen molar-refractivity contribution < 1.29 is 14.3 Å². The Labute approximate surface area is 261 Å². The smallest absolute Gasteiger partial charge is 0.411 e. The fourth-order valence-corrected chi connectivity index (χ4v) is 5.48. The van der Waals surface area contributed by atoms with Crippen LogP contribution in [0.15, 0.2) is 91.3 Å². The molecule has 5 aromatic rings. The molecule has 44 heavy (non-hydrogen) atoms. The van der Waals surface area contributed by atoms with E-state index < -0.39 is 11.6 Å². The highest BCUT2D eigenvalue weighted by atomic mass is 35.5. The largest absolute Gasteiger partial charge is 0.453 e. The Kier molecular flexibility index (Phi) is 8.05. The predicted octanol–water partition coefficient (Wildman–Crippen LogP) is 5.82. The fraction of sp³-hybridized carbons (Fsp3) is 0.129. The Bertz CT molecular complexity index is 1850. The number of carbonyl (C=O) groups excluding carboxylic acids is 2. The van der Waals surface area contributed by atoms with Crippen LogP contribution in [-0.4, -0.2) is 49.5 Å². The van der Waals surface area contributed by atoms with Crippen LogP contribution in [0.25, 0.3) is 22.9 Å². The van der Waals surface area contributed by atoms with Gasteiger partial charge < -0.3 is 10.1 Å². The number of nitrogens with one attached hydrogen (secondary N) is 2. The van der Waals surface area contributed by atoms with Crippen molar-refractivity contribution in [3.8, 4) is 16.8 Å². The molecule has 2 heterocycles. The molecule has 2 atom stereocenters. The highest BCUT2D eigenvalue weighted by molar-refractivity contribution is 6.32. The van der Waals surface area contributed by atoms with E-state index in [1.165, 1.54) is 24.2 Å². The van der Waals surface area contributed by atoms with Gasteiger partial charge in [0.2, 0.25) is 5.91 Å². The minimum absolute atomic E-state index is 0.0426. The van der Waals surface area contributed by atoms with E-state index in [0.29, 0.717) is 39.6 Å². The maximum absolute atomic E-state index is 13.5. The number of tetrazole rings is 1. The molecule has 6 rings (SSSR count). The van der Waals surface area contributed by atoms with Crippen LogP contribution in [0.4, 0.5) is 10.5 Å². The number of aromatic nitrogens is 6. The summed E-state index contributed by atoms with van der Waals surface area (Å²) in [6, 6.07) is 24.1. The topological polar surface area (TPSA) is 137 Å². The van der Waals surface area contributed by atoms with Crippen molar-refractivity contribution in [3.05, 3.63) is 118 Å². The molecule has 0 saturated heterocycles. The van der Waals surface area contributed by atoms with Crippen molar-refractivity contribution in [1.82, 2.24) is 35.7 Å². The summed E-state index contributed by atoms with van der Waals surface area (Å²) in [5.41, 5.74) is 4.07. The summed E-state index contributed by atoms with van der Waals surface area (Å²) in [5.74, 6) is -0.374. The highest BCUT2D eigenvalue weighted by Crippen LogP contribution is 2.58. The van der Waals surface area contributed by atoms with E-state index in [1.54, 1.807) is 48.5 Å². The maximum atomic E-state index is 13.5. The van der Waals surface area contributed by atoms with Gasteiger partial charge in [0.05, 0.1) is 24.0 Å². The maximum Gasteiger partial charge on any atom is 0.411 e. The van der Waals surface area contributed by atoms with E-state index in [-0.39, 0.29) is 17.0 Å². The minimum Gasteiger partial charge on any atom is -0.453 e. The normalized spacial score (nSPS) is 17.3. The molecule has 0 radical (unpaired) electrons. The van der Waals surface area contributed by atoms with Gasteiger partial charge in [-0.2, -0.15) is 9.78 Å². The molecule has 2 aromatic heterocycles. The van der Waals surface area contributed by atoms with Gasteiger partial charge in [0.1, 0.15) is 6.33 Å². The second-order valence-corrected chi connectivity index (χ2v) is 10.8. The summed E-state index contributed by atoms with van der Waals surface area (Å²) in [5, 5.41) is 26.5. The van der Waals surface area contributed by atoms with E-state index in [0.717, 1.165) is 11.1 Å². The molecule has 1 unspecified atom stereocenters. The van der Waals surface area contributed by atoms with Crippen LogP contribution in [0.2, 0.25) is 10.2 Å². The lowest BCUT2D eigenvalue weighted by Crippen LogP contribution is -2.36. The van der Waals surface area contributed by atoms with E-state index in [4.69, 9.17) is 23.2 Å². The fourth-order valence-electron chi connectivity index (χ4n) is 5.10. The zero-order valence-corrected chi connectivity index (χ0v) is 24.7. The second-order valence-electron chi connectivity index (χ2n) is 10.0. The van der Waals surface area contributed by atoms with Gasteiger partial charge in [-0.05, 0) is 70.4 Å². The molecule has 13 heteroatoms. The highest BCUT2D eigenvalue weighted by Gasteiger charge is 2.58. The van der Waals surface area contributed by atoms with Gasteiger partial charge in [-0.15, -0.1) is 10.2 Å². The molecular formula is C31H24Cl2N8O3. The number of methoxy groups -OCH3 is 1. The zero-order chi connectivity index (χ0) is 30.7. The summed E-state index contributed by atoms with van der Waals surface area (Å²) in [6.07, 6.45) is 4.61. The molecular weight excluding hydrogens is 603 g/mol. The third-order valence-corrected chi connectivity index (χ3v) is 7.86. The first-order valence-electron chi connectivity index (χ1n) is 13.4. The number of halogens is 2. The number of benzene rings is 3. The molecule has 1 fully saturated rings. The summed E-state index contributed by atoms with van der Waals surface area (Å²) < 4.78 is 6.14. The van der Waals surface area contributed by atoms with Crippen LogP contribution < -0.4 is 10.6 Å². The monoisotopic (exact) mass is 626 g/mol. The standard InChI is InChI=1S/C31H24Cl2N8O3/c1-44-30(43)35-23-11-7-19(8-12-23)24-16-27(37-38-29(24)33)31(17-25(31)20-5-3-2-4-6-20)36-28(42)14-9-21-15-22(32)10-13-26(21)41-18-34-39-40-41/h2-16,18,25H,17H2,1H3,(H,35,43)(H,36,42)/b14-9+/t25-,31?/m0/s1. The van der Waals surface area contributed by atoms with Crippen LogP contribution in [0.3, 0.4) is 0 Å². The quantitative estimate of drug-likeness (QED) is 0.206. The average molecular weight is 627 g/mol. The van der Waals surface area contributed by atoms with Gasteiger partial charge in [-0.3, -0.25) is 10.1 Å². The molecule has 0 bridgehead atoms. The van der Waals surface area contributed by atoms with Crippen LogP contribution in [0.5, 0.6) is 0 Å². The molecule has 11 nitrogen and oxygen atoms in total. The molecule has 1 saturated carbocycles. The summed E-state index contributed by atoms with van der Waals surface area (Å²) in [6.45, 7) is 0. The Hall–Kier alpha value is -5.13. The number of amides is 2. The van der Waals surface area contributed by atoms with Crippen LogP contribution >= 0.6 is 23.2 Å². The third-order valence-electron chi connectivity index (χ3n) is 7.34. The van der Waals surface area contributed by atoms with Crippen molar-refractivity contribution in [2.24, 2.45) is 0 Å². The van der Waals surface area contributed by atoms with Gasteiger partial charge in [0.25, 0.3) is 0 Å². The van der Waals surface area contributed by atoms with Gasteiger partial charge in [-0.25, -0.2) is 4.79 Å². The van der Waals surface area contributed by atoms with E-state index >= 15 is 0 Å². The third kappa shape index (κ3) is 6.01. The number of anilines is 1. The Morgan fingerprint density at radius 1 is 1.02 bits per heavy atom. The number of carbonyl (C=O) groups is 2. The van der Waals surface area contributed by atoms with E-state index in [1.807, 2.05) is 36.4 Å². The van der Waals surface area contributed by atoms with Gasteiger partial charge in [0.15, 0.2) is 5.15 Å². The number of hydrogen-bond donors (Lipinski definition) is 2. The average Bonchev–Trinajstić information content (AvgIpc) is 3.49. The number of ether oxygens (including phenoxy) is 1. The molecule has 1 aliphatic rings. The van der Waals surface area contributed by atoms with E-state index in [2.05, 4.69) is 41.1 Å². The molecule has 220 valence electrons. The summed E-state index contributed by atoms with van der Waals surface area (Å²) in [7, 11) is 1.30. The van der Waals surface area contributed by atoms with Gasteiger partial charge in [0, 0.05) is 33.8 Å². The first-order valence-corrected chi connectivity index (χ1v) is 14.2. The van der Waals surface area contributed by atoms with Crippen molar-refractivity contribution in [3.63, 3.8) is 0 Å². The molecule has 0 aliphatic heterocycles. The summed E-state index contributed by atoms with van der Waals surface area (Å²) in [4.78, 5) is 25.1. The number of rotatable bonds is 8. The van der Waals surface area contributed by atoms with Gasteiger partial charge in [-0.1, -0.05) is 65.7 Å². The second kappa shape index (κ2) is 12.2. The van der Waals surface area contributed by atoms with Crippen molar-refractivity contribution in [2.45, 2.75) is 17.9 Å². The Morgan fingerprint density at radius 3 is 2.55 bits per heavy atom. The van der Waals surface area contributed by atoms with Crippen molar-refractivity contribution in [1.29, 1.82) is 0 Å². The summed E-state index contributed by atoms with van der Waals surface area (Å²) >= 11 is 12.8. The molecule has 3 aromatic carbocycles. The van der Waals surface area contributed by atoms with Crippen LogP contribution in [0.1, 0.15) is 29.2 Å². The van der Waals surface area contributed by atoms with E-state index in [9.17, 15) is 9.59 Å². The molecule has 1 aliphatic carbocycles. The Balaban J connectivity index is 1.31. The minimum atomic E-state index is -0.825. The zero-order valence-electron chi connectivity index (χ0n) is 23.2. The van der Waals surface area contributed by atoms with Crippen LogP contribution in [0, 0.1) is 0 Å². The predicted molar refractivity (Wildman–Crippen MR) is 165 cm³/mol. The molecule has 0 spiro atoms.